The van der Waals surface area contributed by atoms with Crippen molar-refractivity contribution in [2.45, 2.75) is 25.7 Å². The van der Waals surface area contributed by atoms with E-state index in [2.05, 4.69) is 0 Å². The number of nitrogens with two attached hydrogens (primary N) is 1. The molecule has 0 radical (unpaired) electrons. The van der Waals surface area contributed by atoms with Crippen LogP contribution in [0.15, 0.2) is 23.1 Å². The van der Waals surface area contributed by atoms with Gasteiger partial charge in [-0.15, -0.1) is 0 Å². The fourth-order valence-corrected chi connectivity index (χ4v) is 3.40. The Morgan fingerprint density at radius 2 is 1.84 bits per heavy atom. The lowest BCUT2D eigenvalue weighted by atomic mass is 10.2. The number of aryl methyl sites for hydroxylation is 1. The minimum absolute atomic E-state index is 0.132. The zero-order valence-corrected chi connectivity index (χ0v) is 12.3. The predicted octanol–water partition coefficient (Wildman–Crippen LogP) is 1.22. The van der Waals surface area contributed by atoms with E-state index in [1.807, 2.05) is 13.8 Å². The number of carbonyl (C=O) groups is 1. The van der Waals surface area contributed by atoms with Gasteiger partial charge in [-0.25, -0.2) is 8.42 Å². The van der Waals surface area contributed by atoms with Crippen molar-refractivity contribution in [2.24, 2.45) is 0 Å². The fourth-order valence-electron chi connectivity index (χ4n) is 1.86. The number of hydrogen-bond acceptors (Lipinski definition) is 4. The van der Waals surface area contributed by atoms with Crippen LogP contribution in [0, 0.1) is 6.92 Å². The van der Waals surface area contributed by atoms with Gasteiger partial charge in [-0.05, 0) is 38.5 Å². The molecule has 0 aliphatic carbocycles. The molecule has 0 aliphatic heterocycles. The van der Waals surface area contributed by atoms with Crippen molar-refractivity contribution in [3.63, 3.8) is 0 Å². The summed E-state index contributed by atoms with van der Waals surface area (Å²) in [4.78, 5) is 13.5. The Hall–Kier alpha value is -1.56. The summed E-state index contributed by atoms with van der Waals surface area (Å²) in [6, 6.07) is 4.69. The van der Waals surface area contributed by atoms with Crippen molar-refractivity contribution >= 4 is 21.4 Å². The molecule has 0 unspecified atom stereocenters. The van der Waals surface area contributed by atoms with E-state index in [1.54, 1.807) is 19.1 Å². The highest BCUT2D eigenvalue weighted by atomic mass is 32.2. The molecule has 0 aliphatic rings. The molecule has 106 valence electrons. The summed E-state index contributed by atoms with van der Waals surface area (Å²) < 4.78 is 24.5. The largest absolute Gasteiger partial charge is 0.399 e. The standard InChI is InChI=1S/C13H20N2O3S/c1-4-15(5-2)13(16)9-19(17,18)12-8-11(14)7-6-10(12)3/h6-8H,4-5,9,14H2,1-3H3. The van der Waals surface area contributed by atoms with E-state index in [9.17, 15) is 13.2 Å². The Morgan fingerprint density at radius 1 is 1.26 bits per heavy atom. The molecular formula is C13H20N2O3S. The number of hydrogen-bond donors (Lipinski definition) is 1. The van der Waals surface area contributed by atoms with Crippen LogP contribution < -0.4 is 5.73 Å². The van der Waals surface area contributed by atoms with Gasteiger partial charge in [0, 0.05) is 18.8 Å². The van der Waals surface area contributed by atoms with Gasteiger partial charge in [-0.2, -0.15) is 0 Å². The lowest BCUT2D eigenvalue weighted by molar-refractivity contribution is -0.128. The number of amides is 1. The van der Waals surface area contributed by atoms with Gasteiger partial charge < -0.3 is 10.6 Å². The van der Waals surface area contributed by atoms with Crippen LogP contribution in [0.2, 0.25) is 0 Å². The van der Waals surface area contributed by atoms with Gasteiger partial charge in [0.05, 0.1) is 4.90 Å². The van der Waals surface area contributed by atoms with Crippen LogP contribution in [0.3, 0.4) is 0 Å². The van der Waals surface area contributed by atoms with E-state index in [-0.39, 0.29) is 10.8 Å². The van der Waals surface area contributed by atoms with Gasteiger partial charge in [0.25, 0.3) is 0 Å². The topological polar surface area (TPSA) is 80.5 Å². The number of anilines is 1. The van der Waals surface area contributed by atoms with E-state index in [0.29, 0.717) is 24.3 Å². The van der Waals surface area contributed by atoms with Gasteiger partial charge in [0.15, 0.2) is 9.84 Å². The molecule has 0 saturated heterocycles. The van der Waals surface area contributed by atoms with Crippen molar-refractivity contribution < 1.29 is 13.2 Å². The highest BCUT2D eigenvalue weighted by molar-refractivity contribution is 7.92. The molecule has 1 rings (SSSR count). The number of nitrogens with zero attached hydrogens (tertiary/aromatic N) is 1. The summed E-state index contributed by atoms with van der Waals surface area (Å²) in [5.74, 6) is -0.897. The van der Waals surface area contributed by atoms with Crippen LogP contribution in [0.4, 0.5) is 5.69 Å². The second-order valence-electron chi connectivity index (χ2n) is 4.35. The lowest BCUT2D eigenvalue weighted by Gasteiger charge is -2.18. The quantitative estimate of drug-likeness (QED) is 0.824. The van der Waals surface area contributed by atoms with Crippen LogP contribution in [0.25, 0.3) is 0 Å². The summed E-state index contributed by atoms with van der Waals surface area (Å²) in [7, 11) is -3.65. The van der Waals surface area contributed by atoms with E-state index in [0.717, 1.165) is 0 Å². The van der Waals surface area contributed by atoms with Crippen LogP contribution in [-0.2, 0) is 14.6 Å². The first kappa shape index (κ1) is 15.5. The van der Waals surface area contributed by atoms with Crippen LogP contribution in [0.5, 0.6) is 0 Å². The maximum absolute atomic E-state index is 12.2. The zero-order chi connectivity index (χ0) is 14.6. The molecule has 0 saturated carbocycles. The predicted molar refractivity (Wildman–Crippen MR) is 75.6 cm³/mol. The molecule has 0 aromatic heterocycles. The normalized spacial score (nSPS) is 11.3. The first-order chi connectivity index (χ1) is 8.81. The average molecular weight is 284 g/mol. The molecule has 0 atom stereocenters. The Balaban J connectivity index is 3.05. The first-order valence-electron chi connectivity index (χ1n) is 6.18. The SMILES string of the molecule is CCN(CC)C(=O)CS(=O)(=O)c1cc(N)ccc1C. The molecule has 0 fully saturated rings. The van der Waals surface area contributed by atoms with Crippen molar-refractivity contribution in [1.29, 1.82) is 0 Å². The average Bonchev–Trinajstić information content (AvgIpc) is 2.33. The minimum Gasteiger partial charge on any atom is -0.399 e. The van der Waals surface area contributed by atoms with E-state index >= 15 is 0 Å². The molecule has 2 N–H and O–H groups in total. The third kappa shape index (κ3) is 3.70. The van der Waals surface area contributed by atoms with Crippen molar-refractivity contribution in [3.05, 3.63) is 23.8 Å². The Morgan fingerprint density at radius 3 is 2.37 bits per heavy atom. The van der Waals surface area contributed by atoms with E-state index in [1.165, 1.54) is 11.0 Å². The number of benzene rings is 1. The molecule has 5 nitrogen and oxygen atoms in total. The molecule has 1 aromatic carbocycles. The molecule has 0 heterocycles. The highest BCUT2D eigenvalue weighted by Crippen LogP contribution is 2.20. The van der Waals surface area contributed by atoms with Gasteiger partial charge in [0.2, 0.25) is 5.91 Å². The first-order valence-corrected chi connectivity index (χ1v) is 7.83. The summed E-state index contributed by atoms with van der Waals surface area (Å²) in [6.45, 7) is 6.33. The Bertz CT molecular complexity index is 563. The van der Waals surface area contributed by atoms with Crippen LogP contribution in [0.1, 0.15) is 19.4 Å². The maximum Gasteiger partial charge on any atom is 0.238 e. The van der Waals surface area contributed by atoms with Crippen molar-refractivity contribution in [3.8, 4) is 0 Å². The van der Waals surface area contributed by atoms with Crippen LogP contribution in [-0.4, -0.2) is 38.1 Å². The Labute approximate surface area is 114 Å². The number of nitrogen functional groups attached to an aromatic ring is 1. The third-order valence-electron chi connectivity index (χ3n) is 2.98. The number of carbonyl (C=O) groups excluding carboxylic acids is 1. The molecular weight excluding hydrogens is 264 g/mol. The van der Waals surface area contributed by atoms with Gasteiger partial charge >= 0.3 is 0 Å². The molecule has 6 heteroatoms. The monoisotopic (exact) mass is 284 g/mol. The number of rotatable bonds is 5. The summed E-state index contributed by atoms with van der Waals surface area (Å²) in [6.07, 6.45) is 0. The van der Waals surface area contributed by atoms with Gasteiger partial charge in [0.1, 0.15) is 5.75 Å². The van der Waals surface area contributed by atoms with Gasteiger partial charge in [-0.3, -0.25) is 4.79 Å². The molecule has 1 amide bonds. The molecule has 0 bridgehead atoms. The smallest absolute Gasteiger partial charge is 0.238 e. The molecule has 19 heavy (non-hydrogen) atoms. The summed E-state index contributed by atoms with van der Waals surface area (Å²) >= 11 is 0. The fraction of sp³-hybridized carbons (Fsp3) is 0.462. The van der Waals surface area contributed by atoms with Crippen LogP contribution >= 0.6 is 0 Å². The van der Waals surface area contributed by atoms with Crippen molar-refractivity contribution in [2.75, 3.05) is 24.6 Å². The highest BCUT2D eigenvalue weighted by Gasteiger charge is 2.23. The maximum atomic E-state index is 12.2. The van der Waals surface area contributed by atoms with Crippen molar-refractivity contribution in [1.82, 2.24) is 4.90 Å². The lowest BCUT2D eigenvalue weighted by Crippen LogP contribution is -2.35. The summed E-state index contributed by atoms with van der Waals surface area (Å²) in [5, 5.41) is 0. The Kier molecular flexibility index (Phi) is 4.94. The second kappa shape index (κ2) is 6.06. The minimum atomic E-state index is -3.65. The third-order valence-corrected chi connectivity index (χ3v) is 4.71. The number of sulfone groups is 1. The summed E-state index contributed by atoms with van der Waals surface area (Å²) in [5.41, 5.74) is 6.58. The van der Waals surface area contributed by atoms with E-state index in [4.69, 9.17) is 5.73 Å². The molecule has 1 aromatic rings. The van der Waals surface area contributed by atoms with E-state index < -0.39 is 15.6 Å². The molecule has 0 spiro atoms. The van der Waals surface area contributed by atoms with Gasteiger partial charge in [-0.1, -0.05) is 6.07 Å². The zero-order valence-electron chi connectivity index (χ0n) is 11.5. The second-order valence-corrected chi connectivity index (χ2v) is 6.31.